The zero-order chi connectivity index (χ0) is 14.7. The van der Waals surface area contributed by atoms with Crippen LogP contribution in [0.3, 0.4) is 0 Å². The van der Waals surface area contributed by atoms with Gasteiger partial charge in [-0.1, -0.05) is 18.7 Å². The molecule has 2 aromatic rings. The average Bonchev–Trinajstić information content (AvgIpc) is 2.89. The monoisotopic (exact) mass is 293 g/mol. The topological polar surface area (TPSA) is 41.0 Å². The number of nitrogens with zero attached hydrogens (tertiary/aromatic N) is 2. The van der Waals surface area contributed by atoms with E-state index in [0.717, 1.165) is 6.20 Å². The van der Waals surface area contributed by atoms with Gasteiger partial charge in [0.25, 0.3) is 0 Å². The van der Waals surface area contributed by atoms with Crippen molar-refractivity contribution in [3.63, 3.8) is 0 Å². The first kappa shape index (κ1) is 14.5. The van der Waals surface area contributed by atoms with E-state index >= 15 is 0 Å². The lowest BCUT2D eigenvalue weighted by atomic mass is 10.1. The van der Waals surface area contributed by atoms with Crippen LogP contribution in [0, 0.1) is 5.82 Å². The van der Waals surface area contributed by atoms with Crippen LogP contribution in [0.25, 0.3) is 10.9 Å². The molecular weight excluding hydrogens is 280 g/mol. The minimum atomic E-state index is -0.494. The number of fused-ring (bicyclic) bond motifs is 1. The second-order valence-electron chi connectivity index (χ2n) is 4.05. The summed E-state index contributed by atoms with van der Waals surface area (Å²) in [6.45, 7) is 5.25. The molecule has 6 heteroatoms. The summed E-state index contributed by atoms with van der Waals surface area (Å²) in [5, 5.41) is 7.24. The Morgan fingerprint density at radius 3 is 2.95 bits per heavy atom. The number of nitrogens with one attached hydrogen (secondary N) is 1. The van der Waals surface area contributed by atoms with E-state index in [9.17, 15) is 8.78 Å². The third kappa shape index (κ3) is 2.80. The molecule has 1 aromatic carbocycles. The molecule has 104 valence electrons. The number of benzene rings is 1. The molecule has 0 unspecified atom stereocenters. The van der Waals surface area contributed by atoms with Crippen molar-refractivity contribution in [3.8, 4) is 0 Å². The SMILES string of the molecule is C=C(SC)/C(F)=C\N=C(C)c1[nH]nc2c(F)cccc12. The Kier molecular flexibility index (Phi) is 4.34. The Morgan fingerprint density at radius 1 is 1.50 bits per heavy atom. The van der Waals surface area contributed by atoms with Gasteiger partial charge in [0.1, 0.15) is 5.52 Å². The summed E-state index contributed by atoms with van der Waals surface area (Å²) in [7, 11) is 0. The molecule has 1 aromatic heterocycles. The molecule has 0 aliphatic heterocycles. The lowest BCUT2D eigenvalue weighted by Crippen LogP contribution is -1.95. The predicted octanol–water partition coefficient (Wildman–Crippen LogP) is 4.20. The van der Waals surface area contributed by atoms with Crippen LogP contribution in [0.4, 0.5) is 8.78 Å². The first-order valence-corrected chi connectivity index (χ1v) is 7.03. The quantitative estimate of drug-likeness (QED) is 0.678. The number of hydrogen-bond donors (Lipinski definition) is 1. The van der Waals surface area contributed by atoms with E-state index in [0.29, 0.717) is 21.7 Å². The zero-order valence-electron chi connectivity index (χ0n) is 11.1. The van der Waals surface area contributed by atoms with E-state index < -0.39 is 11.6 Å². The molecule has 2 rings (SSSR count). The number of para-hydroxylation sites is 1. The maximum atomic E-state index is 13.5. The molecule has 0 atom stereocenters. The van der Waals surface area contributed by atoms with Crippen molar-refractivity contribution < 1.29 is 8.78 Å². The molecule has 0 saturated carbocycles. The Hall–Kier alpha value is -1.95. The molecule has 0 spiro atoms. The summed E-state index contributed by atoms with van der Waals surface area (Å²) in [6, 6.07) is 4.66. The van der Waals surface area contributed by atoms with Crippen molar-refractivity contribution in [1.82, 2.24) is 10.2 Å². The van der Waals surface area contributed by atoms with Gasteiger partial charge in [0, 0.05) is 10.3 Å². The van der Waals surface area contributed by atoms with E-state index in [4.69, 9.17) is 0 Å². The van der Waals surface area contributed by atoms with Gasteiger partial charge in [-0.25, -0.2) is 8.78 Å². The maximum absolute atomic E-state index is 13.5. The Labute approximate surface area is 119 Å². The summed E-state index contributed by atoms with van der Waals surface area (Å²) in [5.74, 6) is -0.901. The van der Waals surface area contributed by atoms with Crippen molar-refractivity contribution in [3.05, 3.63) is 53.2 Å². The zero-order valence-corrected chi connectivity index (χ0v) is 11.9. The molecule has 0 fully saturated rings. The van der Waals surface area contributed by atoms with Gasteiger partial charge >= 0.3 is 0 Å². The summed E-state index contributed by atoms with van der Waals surface area (Å²) in [5.41, 5.74) is 1.33. The van der Waals surface area contributed by atoms with Crippen LogP contribution >= 0.6 is 11.8 Å². The second-order valence-corrected chi connectivity index (χ2v) is 4.95. The number of hydrogen-bond acceptors (Lipinski definition) is 3. The van der Waals surface area contributed by atoms with Gasteiger partial charge in [-0.2, -0.15) is 5.10 Å². The highest BCUT2D eigenvalue weighted by molar-refractivity contribution is 8.02. The molecule has 1 heterocycles. The molecule has 0 aliphatic carbocycles. The van der Waals surface area contributed by atoms with Crippen LogP contribution in [0.2, 0.25) is 0 Å². The fourth-order valence-electron chi connectivity index (χ4n) is 1.67. The summed E-state index contributed by atoms with van der Waals surface area (Å²) in [6.07, 6.45) is 2.83. The molecular formula is C14H13F2N3S. The van der Waals surface area contributed by atoms with Crippen LogP contribution in [-0.2, 0) is 0 Å². The first-order valence-electron chi connectivity index (χ1n) is 5.81. The van der Waals surface area contributed by atoms with Crippen LogP contribution < -0.4 is 0 Å². The van der Waals surface area contributed by atoms with Gasteiger partial charge in [0.05, 0.1) is 17.6 Å². The minimum absolute atomic E-state index is 0.245. The Balaban J connectivity index is 2.39. The highest BCUT2D eigenvalue weighted by Crippen LogP contribution is 2.21. The molecule has 0 bridgehead atoms. The Morgan fingerprint density at radius 2 is 2.25 bits per heavy atom. The second kappa shape index (κ2) is 6.00. The molecule has 0 aliphatic rings. The lowest BCUT2D eigenvalue weighted by Gasteiger charge is -1.98. The van der Waals surface area contributed by atoms with Gasteiger partial charge in [0.15, 0.2) is 11.6 Å². The number of H-pyrrole nitrogens is 1. The highest BCUT2D eigenvalue weighted by Gasteiger charge is 2.10. The van der Waals surface area contributed by atoms with Gasteiger partial charge in [-0.05, 0) is 19.2 Å². The molecule has 0 amide bonds. The summed E-state index contributed by atoms with van der Waals surface area (Å²) >= 11 is 1.21. The molecule has 0 saturated heterocycles. The van der Waals surface area contributed by atoms with Gasteiger partial charge in [-0.3, -0.25) is 10.1 Å². The third-order valence-corrected chi connectivity index (χ3v) is 3.47. The van der Waals surface area contributed by atoms with Crippen LogP contribution in [0.5, 0.6) is 0 Å². The van der Waals surface area contributed by atoms with E-state index in [-0.39, 0.29) is 5.52 Å². The van der Waals surface area contributed by atoms with E-state index in [1.807, 2.05) is 0 Å². The van der Waals surface area contributed by atoms with Crippen molar-refractivity contribution in [1.29, 1.82) is 0 Å². The first-order chi connectivity index (χ1) is 9.54. The number of rotatable bonds is 4. The molecule has 20 heavy (non-hydrogen) atoms. The summed E-state index contributed by atoms with van der Waals surface area (Å²) in [4.78, 5) is 4.33. The van der Waals surface area contributed by atoms with Crippen LogP contribution in [0.1, 0.15) is 12.6 Å². The van der Waals surface area contributed by atoms with Crippen molar-refractivity contribution in [2.75, 3.05) is 6.26 Å². The smallest absolute Gasteiger partial charge is 0.154 e. The lowest BCUT2D eigenvalue weighted by molar-refractivity contribution is 0.636. The number of aliphatic imine (C=N–C) groups is 1. The fraction of sp³-hybridized carbons (Fsp3) is 0.143. The van der Waals surface area contributed by atoms with Crippen molar-refractivity contribution in [2.24, 2.45) is 4.99 Å². The van der Waals surface area contributed by atoms with Crippen molar-refractivity contribution >= 4 is 28.4 Å². The standard InChI is InChI=1S/C14H13F2N3S/c1-8(17-7-12(16)9(2)20-3)13-10-5-4-6-11(15)14(10)19-18-13/h4-7H,2H2,1,3H3,(H,18,19)/b12-7+,17-8?. The number of halogens is 2. The number of aromatic nitrogens is 2. The minimum Gasteiger partial charge on any atom is -0.275 e. The number of thioether (sulfide) groups is 1. The van der Waals surface area contributed by atoms with Crippen molar-refractivity contribution in [2.45, 2.75) is 6.92 Å². The third-order valence-electron chi connectivity index (χ3n) is 2.78. The average molecular weight is 293 g/mol. The highest BCUT2D eigenvalue weighted by atomic mass is 32.2. The van der Waals surface area contributed by atoms with Gasteiger partial charge < -0.3 is 0 Å². The van der Waals surface area contributed by atoms with Gasteiger partial charge in [0.2, 0.25) is 0 Å². The van der Waals surface area contributed by atoms with E-state index in [1.165, 1.54) is 17.8 Å². The van der Waals surface area contributed by atoms with E-state index in [2.05, 4.69) is 21.8 Å². The number of aromatic amines is 1. The fourth-order valence-corrected chi connectivity index (χ4v) is 1.91. The maximum Gasteiger partial charge on any atom is 0.154 e. The van der Waals surface area contributed by atoms with E-state index in [1.54, 1.807) is 25.3 Å². The Bertz CT molecular complexity index is 716. The molecule has 0 radical (unpaired) electrons. The van der Waals surface area contributed by atoms with Crippen LogP contribution in [0.15, 0.2) is 46.7 Å². The summed E-state index contributed by atoms with van der Waals surface area (Å²) < 4.78 is 27.0. The van der Waals surface area contributed by atoms with Crippen LogP contribution in [-0.4, -0.2) is 22.2 Å². The molecule has 3 nitrogen and oxygen atoms in total. The predicted molar refractivity (Wildman–Crippen MR) is 80.1 cm³/mol. The van der Waals surface area contributed by atoms with Gasteiger partial charge in [-0.15, -0.1) is 11.8 Å². The normalized spacial score (nSPS) is 13.0. The molecule has 1 N–H and O–H groups in total. The number of allylic oxidation sites excluding steroid dienone is 1. The largest absolute Gasteiger partial charge is 0.275 e.